The molecule has 0 unspecified atom stereocenters. The quantitative estimate of drug-likeness (QED) is 0.436. The van der Waals surface area contributed by atoms with Gasteiger partial charge in [-0.05, 0) is 60.2 Å². The molecule has 0 spiro atoms. The monoisotopic (exact) mass is 399 g/mol. The van der Waals surface area contributed by atoms with Crippen molar-refractivity contribution in [2.45, 2.75) is 19.3 Å². The lowest BCUT2D eigenvalue weighted by atomic mass is 9.95. The fraction of sp³-hybridized carbons (Fsp3) is 0.120. The lowest BCUT2D eigenvalue weighted by Gasteiger charge is -2.19. The first-order valence-corrected chi connectivity index (χ1v) is 9.95. The number of nitrogens with zero attached hydrogens (tertiary/aromatic N) is 2. The van der Waals surface area contributed by atoms with Crippen molar-refractivity contribution < 1.29 is 8.78 Å². The third kappa shape index (κ3) is 3.32. The summed E-state index contributed by atoms with van der Waals surface area (Å²) in [5.41, 5.74) is 6.60. The number of halogens is 2. The van der Waals surface area contributed by atoms with Gasteiger partial charge in [0.1, 0.15) is 5.82 Å². The summed E-state index contributed by atoms with van der Waals surface area (Å²) < 4.78 is 27.2. The number of nitrogens with one attached hydrogen (secondary N) is 1. The highest BCUT2D eigenvalue weighted by molar-refractivity contribution is 5.85. The van der Waals surface area contributed by atoms with Gasteiger partial charge in [-0.2, -0.15) is 0 Å². The minimum Gasteiger partial charge on any atom is -0.340 e. The summed E-state index contributed by atoms with van der Waals surface area (Å²) in [7, 11) is 0. The maximum Gasteiger partial charge on any atom is 0.160 e. The van der Waals surface area contributed by atoms with E-state index in [9.17, 15) is 8.78 Å². The van der Waals surface area contributed by atoms with Crippen molar-refractivity contribution >= 4 is 11.5 Å². The summed E-state index contributed by atoms with van der Waals surface area (Å²) >= 11 is 0. The molecule has 0 fully saturated rings. The van der Waals surface area contributed by atoms with E-state index in [4.69, 9.17) is 4.98 Å². The minimum absolute atomic E-state index is 0.448. The van der Waals surface area contributed by atoms with Gasteiger partial charge in [0, 0.05) is 23.5 Å². The third-order valence-electron chi connectivity index (χ3n) is 5.42. The lowest BCUT2D eigenvalue weighted by Crippen LogP contribution is -2.05. The van der Waals surface area contributed by atoms with E-state index in [2.05, 4.69) is 10.3 Å². The first kappa shape index (κ1) is 18.4. The van der Waals surface area contributed by atoms with Crippen LogP contribution >= 0.6 is 0 Å². The van der Waals surface area contributed by atoms with Crippen molar-refractivity contribution in [3.8, 4) is 22.5 Å². The predicted octanol–water partition coefficient (Wildman–Crippen LogP) is 6.32. The molecule has 4 aromatic rings. The topological polar surface area (TPSA) is 37.8 Å². The van der Waals surface area contributed by atoms with Crippen LogP contribution in [0.4, 0.5) is 20.3 Å². The average molecular weight is 399 g/mol. The first-order chi connectivity index (χ1) is 14.7. The summed E-state index contributed by atoms with van der Waals surface area (Å²) in [5, 5.41) is 3.23. The molecule has 0 atom stereocenters. The molecule has 148 valence electrons. The number of hydrogen-bond acceptors (Lipinski definition) is 3. The number of benzene rings is 2. The molecule has 5 heteroatoms. The Morgan fingerprint density at radius 1 is 0.800 bits per heavy atom. The Morgan fingerprint density at radius 3 is 2.37 bits per heavy atom. The Hall–Kier alpha value is -3.60. The van der Waals surface area contributed by atoms with E-state index in [0.717, 1.165) is 53.9 Å². The van der Waals surface area contributed by atoms with Crippen LogP contribution in [0.15, 0.2) is 72.9 Å². The van der Waals surface area contributed by atoms with Crippen molar-refractivity contribution in [2.24, 2.45) is 0 Å². The Balaban J connectivity index is 1.73. The standard InChI is InChI=1S/C25H19F2N3/c26-20-13-12-17(15-21(20)27)29-25-23(16-7-2-1-3-8-16)18-9-6-10-19(18)24(30-25)22-11-4-5-14-28-22/h1-5,7-8,11-15H,6,9-10H2,(H,29,30). The third-order valence-corrected chi connectivity index (χ3v) is 5.42. The van der Waals surface area contributed by atoms with Crippen LogP contribution in [0.1, 0.15) is 17.5 Å². The summed E-state index contributed by atoms with van der Waals surface area (Å²) in [5.74, 6) is -1.15. The van der Waals surface area contributed by atoms with Gasteiger partial charge in [-0.25, -0.2) is 13.8 Å². The molecule has 0 amide bonds. The van der Waals surface area contributed by atoms with Crippen molar-refractivity contribution in [3.63, 3.8) is 0 Å². The second-order valence-corrected chi connectivity index (χ2v) is 7.33. The van der Waals surface area contributed by atoms with Crippen LogP contribution in [-0.2, 0) is 12.8 Å². The highest BCUT2D eigenvalue weighted by Gasteiger charge is 2.25. The van der Waals surface area contributed by atoms with Gasteiger partial charge in [0.15, 0.2) is 11.6 Å². The normalized spacial score (nSPS) is 12.6. The van der Waals surface area contributed by atoms with E-state index in [-0.39, 0.29) is 0 Å². The maximum absolute atomic E-state index is 13.8. The highest BCUT2D eigenvalue weighted by Crippen LogP contribution is 2.42. The largest absolute Gasteiger partial charge is 0.340 e. The molecule has 0 saturated carbocycles. The zero-order valence-corrected chi connectivity index (χ0v) is 16.2. The van der Waals surface area contributed by atoms with Crippen LogP contribution < -0.4 is 5.32 Å². The molecule has 0 saturated heterocycles. The Morgan fingerprint density at radius 2 is 1.60 bits per heavy atom. The van der Waals surface area contributed by atoms with E-state index in [1.807, 2.05) is 48.5 Å². The van der Waals surface area contributed by atoms with Gasteiger partial charge in [-0.3, -0.25) is 4.98 Å². The smallest absolute Gasteiger partial charge is 0.160 e. The molecular formula is C25H19F2N3. The molecule has 30 heavy (non-hydrogen) atoms. The van der Waals surface area contributed by atoms with Crippen LogP contribution in [0.3, 0.4) is 0 Å². The molecule has 2 aromatic carbocycles. The van der Waals surface area contributed by atoms with Crippen LogP contribution in [0.5, 0.6) is 0 Å². The molecular weight excluding hydrogens is 380 g/mol. The molecule has 3 nitrogen and oxygen atoms in total. The summed E-state index contributed by atoms with van der Waals surface area (Å²) in [6.07, 6.45) is 4.69. The van der Waals surface area contributed by atoms with Crippen LogP contribution in [-0.4, -0.2) is 9.97 Å². The summed E-state index contributed by atoms with van der Waals surface area (Å²) in [6.45, 7) is 0. The number of hydrogen-bond donors (Lipinski definition) is 1. The van der Waals surface area contributed by atoms with Gasteiger partial charge in [0.05, 0.1) is 11.4 Å². The second kappa shape index (κ2) is 7.67. The van der Waals surface area contributed by atoms with Gasteiger partial charge in [0.2, 0.25) is 0 Å². The SMILES string of the molecule is Fc1ccc(Nc2nc(-c3ccccn3)c3c(c2-c2ccccc2)CCC3)cc1F. The van der Waals surface area contributed by atoms with Gasteiger partial charge in [-0.15, -0.1) is 0 Å². The fourth-order valence-corrected chi connectivity index (χ4v) is 4.09. The molecule has 1 aliphatic rings. The van der Waals surface area contributed by atoms with Gasteiger partial charge >= 0.3 is 0 Å². The van der Waals surface area contributed by atoms with Crippen LogP contribution in [0.25, 0.3) is 22.5 Å². The first-order valence-electron chi connectivity index (χ1n) is 9.95. The van der Waals surface area contributed by atoms with E-state index in [0.29, 0.717) is 11.5 Å². The molecule has 2 aromatic heterocycles. The van der Waals surface area contributed by atoms with Crippen molar-refractivity contribution in [3.05, 3.63) is 95.7 Å². The van der Waals surface area contributed by atoms with Crippen molar-refractivity contribution in [1.82, 2.24) is 9.97 Å². The van der Waals surface area contributed by atoms with Crippen molar-refractivity contribution in [2.75, 3.05) is 5.32 Å². The van der Waals surface area contributed by atoms with Gasteiger partial charge in [0.25, 0.3) is 0 Å². The highest BCUT2D eigenvalue weighted by atomic mass is 19.2. The lowest BCUT2D eigenvalue weighted by molar-refractivity contribution is 0.509. The Bertz CT molecular complexity index is 1210. The maximum atomic E-state index is 13.8. The fourth-order valence-electron chi connectivity index (χ4n) is 4.09. The molecule has 0 bridgehead atoms. The van der Waals surface area contributed by atoms with E-state index in [1.54, 1.807) is 6.20 Å². The number of aromatic nitrogens is 2. The number of fused-ring (bicyclic) bond motifs is 1. The average Bonchev–Trinajstić information content (AvgIpc) is 3.26. The summed E-state index contributed by atoms with van der Waals surface area (Å²) in [4.78, 5) is 9.45. The van der Waals surface area contributed by atoms with E-state index in [1.165, 1.54) is 17.2 Å². The molecule has 0 aliphatic heterocycles. The number of rotatable bonds is 4. The predicted molar refractivity (Wildman–Crippen MR) is 115 cm³/mol. The van der Waals surface area contributed by atoms with E-state index < -0.39 is 11.6 Å². The Kier molecular flexibility index (Phi) is 4.71. The molecule has 0 radical (unpaired) electrons. The van der Waals surface area contributed by atoms with E-state index >= 15 is 0 Å². The zero-order chi connectivity index (χ0) is 20.5. The van der Waals surface area contributed by atoms with Crippen LogP contribution in [0.2, 0.25) is 0 Å². The molecule has 2 heterocycles. The zero-order valence-electron chi connectivity index (χ0n) is 16.2. The summed E-state index contributed by atoms with van der Waals surface area (Å²) in [6, 6.07) is 19.6. The molecule has 1 N–H and O–H groups in total. The van der Waals surface area contributed by atoms with Gasteiger partial charge < -0.3 is 5.32 Å². The van der Waals surface area contributed by atoms with Gasteiger partial charge in [-0.1, -0.05) is 36.4 Å². The van der Waals surface area contributed by atoms with Crippen LogP contribution in [0, 0.1) is 11.6 Å². The Labute approximate surface area is 173 Å². The van der Waals surface area contributed by atoms with Crippen molar-refractivity contribution in [1.29, 1.82) is 0 Å². The number of anilines is 2. The number of pyridine rings is 2. The minimum atomic E-state index is -0.896. The molecule has 5 rings (SSSR count). The molecule has 1 aliphatic carbocycles. The second-order valence-electron chi connectivity index (χ2n) is 7.33.